The lowest BCUT2D eigenvalue weighted by Crippen LogP contribution is -2.47. The number of amides is 2. The number of carbonyl (C=O) groups is 2. The second kappa shape index (κ2) is 11.7. The van der Waals surface area contributed by atoms with Crippen molar-refractivity contribution in [2.75, 3.05) is 30.9 Å². The molecule has 3 N–H and O–H groups in total. The number of thiocarbonyl (C=S) groups is 1. The number of benzene rings is 2. The monoisotopic (exact) mass is 496 g/mol. The van der Waals surface area contributed by atoms with E-state index in [9.17, 15) is 9.59 Å². The minimum atomic E-state index is -0.452. The fourth-order valence-corrected chi connectivity index (χ4v) is 4.11. The van der Waals surface area contributed by atoms with E-state index in [-0.39, 0.29) is 17.9 Å². The van der Waals surface area contributed by atoms with Crippen molar-refractivity contribution in [3.05, 3.63) is 65.4 Å². The number of nitrogens with one attached hydrogen (secondary N) is 3. The highest BCUT2D eigenvalue weighted by molar-refractivity contribution is 7.80. The van der Waals surface area contributed by atoms with E-state index in [1.165, 1.54) is 0 Å². The van der Waals surface area contributed by atoms with E-state index >= 15 is 0 Å². The smallest absolute Gasteiger partial charge is 0.338 e. The summed E-state index contributed by atoms with van der Waals surface area (Å²) < 4.78 is 10.7. The van der Waals surface area contributed by atoms with Crippen LogP contribution in [0, 0.1) is 5.92 Å². The number of anilines is 2. The average molecular weight is 497 g/mol. The molecule has 1 aliphatic heterocycles. The van der Waals surface area contributed by atoms with Crippen molar-refractivity contribution in [1.82, 2.24) is 10.2 Å². The van der Waals surface area contributed by atoms with E-state index in [0.717, 1.165) is 11.3 Å². The Morgan fingerprint density at radius 2 is 1.63 bits per heavy atom. The number of urea groups is 1. The lowest BCUT2D eigenvalue weighted by molar-refractivity contribution is -0.140. The summed E-state index contributed by atoms with van der Waals surface area (Å²) in [4.78, 5) is 27.3. The van der Waals surface area contributed by atoms with Crippen LogP contribution < -0.4 is 20.7 Å². The summed E-state index contributed by atoms with van der Waals surface area (Å²) in [7, 11) is 1.59. The minimum Gasteiger partial charge on any atom is -0.497 e. The van der Waals surface area contributed by atoms with E-state index in [1.807, 2.05) is 44.7 Å². The van der Waals surface area contributed by atoms with Gasteiger partial charge in [0.15, 0.2) is 5.11 Å². The molecule has 0 radical (unpaired) electrons. The van der Waals surface area contributed by atoms with Gasteiger partial charge in [-0.25, -0.2) is 9.59 Å². The predicted octanol–water partition coefficient (Wildman–Crippen LogP) is 5.06. The molecular weight excluding hydrogens is 464 g/mol. The molecule has 8 nitrogen and oxygen atoms in total. The predicted molar refractivity (Wildman–Crippen MR) is 141 cm³/mol. The largest absolute Gasteiger partial charge is 0.497 e. The van der Waals surface area contributed by atoms with Crippen molar-refractivity contribution in [3.63, 3.8) is 0 Å². The maximum absolute atomic E-state index is 13.0. The first-order valence-electron chi connectivity index (χ1n) is 11.5. The Kier molecular flexibility index (Phi) is 8.70. The Labute approximate surface area is 211 Å². The zero-order valence-corrected chi connectivity index (χ0v) is 21.5. The summed E-state index contributed by atoms with van der Waals surface area (Å²) in [5.74, 6) is 0.574. The van der Waals surface area contributed by atoms with Crippen molar-refractivity contribution in [2.45, 2.75) is 33.7 Å². The molecule has 1 aliphatic rings. The van der Waals surface area contributed by atoms with Crippen LogP contribution >= 0.6 is 12.2 Å². The van der Waals surface area contributed by atoms with E-state index in [2.05, 4.69) is 16.0 Å². The number of rotatable bonds is 8. The zero-order chi connectivity index (χ0) is 25.5. The van der Waals surface area contributed by atoms with Crippen LogP contribution in [0.4, 0.5) is 16.2 Å². The van der Waals surface area contributed by atoms with Crippen molar-refractivity contribution in [2.24, 2.45) is 5.92 Å². The van der Waals surface area contributed by atoms with Gasteiger partial charge in [0.2, 0.25) is 0 Å². The average Bonchev–Trinajstić information content (AvgIpc) is 2.83. The van der Waals surface area contributed by atoms with Crippen LogP contribution in [0.1, 0.15) is 39.3 Å². The Hall–Kier alpha value is -3.59. The molecule has 3 rings (SSSR count). The molecule has 2 amide bonds. The molecule has 2 aromatic rings. The van der Waals surface area contributed by atoms with E-state index in [0.29, 0.717) is 41.0 Å². The van der Waals surface area contributed by atoms with Crippen LogP contribution in [-0.4, -0.2) is 42.3 Å². The molecule has 0 bridgehead atoms. The van der Waals surface area contributed by atoms with Gasteiger partial charge in [0.25, 0.3) is 0 Å². The first-order chi connectivity index (χ1) is 16.7. The molecule has 9 heteroatoms. The van der Waals surface area contributed by atoms with Gasteiger partial charge in [0, 0.05) is 23.6 Å². The van der Waals surface area contributed by atoms with Crippen LogP contribution in [0.3, 0.4) is 0 Å². The minimum absolute atomic E-state index is 0.229. The molecule has 186 valence electrons. The van der Waals surface area contributed by atoms with E-state index < -0.39 is 6.04 Å². The lowest BCUT2D eigenvalue weighted by Gasteiger charge is -2.37. The molecular formula is C26H32N4O4S. The molecule has 2 aromatic carbocycles. The van der Waals surface area contributed by atoms with Gasteiger partial charge >= 0.3 is 12.0 Å². The first kappa shape index (κ1) is 26.0. The molecule has 1 unspecified atom stereocenters. The van der Waals surface area contributed by atoms with Gasteiger partial charge < -0.3 is 30.3 Å². The Bertz CT molecular complexity index is 1100. The van der Waals surface area contributed by atoms with Gasteiger partial charge in [-0.15, -0.1) is 0 Å². The van der Waals surface area contributed by atoms with Gasteiger partial charge in [-0.05, 0) is 73.9 Å². The first-order valence-corrected chi connectivity index (χ1v) is 11.9. The van der Waals surface area contributed by atoms with Crippen LogP contribution in [0.5, 0.6) is 5.75 Å². The normalized spacial score (nSPS) is 15.5. The molecule has 35 heavy (non-hydrogen) atoms. The van der Waals surface area contributed by atoms with E-state index in [4.69, 9.17) is 21.7 Å². The quantitative estimate of drug-likeness (QED) is 0.347. The van der Waals surface area contributed by atoms with Crippen LogP contribution in [0.25, 0.3) is 0 Å². The standard InChI is InChI=1S/C26H32N4O4S/c1-6-30-17(4)22(24(31)34-15-16(2)3)23(29-26(30)35)18-7-9-19(10-8-18)27-25(32)28-20-11-13-21(33-5)14-12-20/h7-14,16,23H,6,15H2,1-5H3,(H,29,35)(H2,27,28,32). The number of hydrogen-bond donors (Lipinski definition) is 3. The number of esters is 1. The highest BCUT2D eigenvalue weighted by atomic mass is 32.1. The topological polar surface area (TPSA) is 91.9 Å². The summed E-state index contributed by atoms with van der Waals surface area (Å²) in [5, 5.41) is 9.41. The summed E-state index contributed by atoms with van der Waals surface area (Å²) in [6.07, 6.45) is 0. The molecule has 0 fully saturated rings. The number of nitrogens with zero attached hydrogens (tertiary/aromatic N) is 1. The fourth-order valence-electron chi connectivity index (χ4n) is 3.72. The zero-order valence-electron chi connectivity index (χ0n) is 20.7. The number of allylic oxidation sites excluding steroid dienone is 1. The second-order valence-corrected chi connectivity index (χ2v) is 8.93. The third kappa shape index (κ3) is 6.51. The van der Waals surface area contributed by atoms with Gasteiger partial charge in [0.05, 0.1) is 25.3 Å². The van der Waals surface area contributed by atoms with Gasteiger partial charge in [0.1, 0.15) is 5.75 Å². The summed E-state index contributed by atoms with van der Waals surface area (Å²) in [6.45, 7) is 8.83. The summed E-state index contributed by atoms with van der Waals surface area (Å²) >= 11 is 5.54. The van der Waals surface area contributed by atoms with Crippen molar-refractivity contribution < 1.29 is 19.1 Å². The van der Waals surface area contributed by atoms with E-state index in [1.54, 1.807) is 43.5 Å². The second-order valence-electron chi connectivity index (χ2n) is 8.55. The Morgan fingerprint density at radius 3 is 2.14 bits per heavy atom. The molecule has 0 aromatic heterocycles. The fraction of sp³-hybridized carbons (Fsp3) is 0.346. The van der Waals surface area contributed by atoms with Crippen molar-refractivity contribution in [1.29, 1.82) is 0 Å². The van der Waals surface area contributed by atoms with Gasteiger partial charge in [-0.2, -0.15) is 0 Å². The van der Waals surface area contributed by atoms with Gasteiger partial charge in [-0.1, -0.05) is 26.0 Å². The maximum atomic E-state index is 13.0. The SMILES string of the molecule is CCN1C(=S)NC(c2ccc(NC(=O)Nc3ccc(OC)cc3)cc2)C(C(=O)OCC(C)C)=C1C. The molecule has 0 spiro atoms. The molecule has 0 saturated heterocycles. The number of carbonyl (C=O) groups excluding carboxylic acids is 2. The maximum Gasteiger partial charge on any atom is 0.338 e. The highest BCUT2D eigenvalue weighted by Crippen LogP contribution is 2.32. The number of ether oxygens (including phenoxy) is 2. The van der Waals surface area contributed by atoms with Crippen LogP contribution in [-0.2, 0) is 9.53 Å². The molecule has 0 aliphatic carbocycles. The summed E-state index contributed by atoms with van der Waals surface area (Å²) in [6, 6.07) is 13.5. The lowest BCUT2D eigenvalue weighted by atomic mass is 9.95. The molecule has 1 heterocycles. The third-order valence-electron chi connectivity index (χ3n) is 5.53. The Balaban J connectivity index is 1.76. The number of methoxy groups -OCH3 is 1. The summed E-state index contributed by atoms with van der Waals surface area (Å²) in [5.41, 5.74) is 3.39. The van der Waals surface area contributed by atoms with Crippen LogP contribution in [0.2, 0.25) is 0 Å². The third-order valence-corrected chi connectivity index (χ3v) is 5.87. The highest BCUT2D eigenvalue weighted by Gasteiger charge is 2.34. The van der Waals surface area contributed by atoms with Crippen LogP contribution in [0.15, 0.2) is 59.8 Å². The number of hydrogen-bond acceptors (Lipinski definition) is 5. The molecule has 1 atom stereocenters. The molecule has 0 saturated carbocycles. The Morgan fingerprint density at radius 1 is 1.06 bits per heavy atom. The van der Waals surface area contributed by atoms with Crippen molar-refractivity contribution in [3.8, 4) is 5.75 Å². The van der Waals surface area contributed by atoms with Gasteiger partial charge in [-0.3, -0.25) is 0 Å². The van der Waals surface area contributed by atoms with Crippen molar-refractivity contribution >= 4 is 40.7 Å².